The summed E-state index contributed by atoms with van der Waals surface area (Å²) in [4.78, 5) is 24.8. The molecule has 0 radical (unpaired) electrons. The highest BCUT2D eigenvalue weighted by Gasteiger charge is 2.33. The third-order valence-corrected chi connectivity index (χ3v) is 5.91. The van der Waals surface area contributed by atoms with Gasteiger partial charge in [-0.2, -0.15) is 13.2 Å². The van der Waals surface area contributed by atoms with Crippen LogP contribution in [-0.4, -0.2) is 32.7 Å². The normalized spacial score (nSPS) is 15.9. The van der Waals surface area contributed by atoms with Gasteiger partial charge in [0.1, 0.15) is 4.32 Å². The molecule has 0 atom stereocenters. The van der Waals surface area contributed by atoms with Crippen molar-refractivity contribution in [1.29, 1.82) is 0 Å². The second kappa shape index (κ2) is 8.79. The quantitative estimate of drug-likeness (QED) is 0.447. The smallest absolute Gasteiger partial charge is 0.417 e. The number of benzene rings is 2. The number of rotatable bonds is 5. The number of halogens is 4. The zero-order chi connectivity index (χ0) is 22.1. The van der Waals surface area contributed by atoms with E-state index in [0.29, 0.717) is 21.6 Å². The Morgan fingerprint density at radius 1 is 1.20 bits per heavy atom. The molecule has 4 nitrogen and oxygen atoms in total. The Labute approximate surface area is 184 Å². The average molecular weight is 472 g/mol. The molecule has 0 spiro atoms. The van der Waals surface area contributed by atoms with Crippen LogP contribution in [0.2, 0.25) is 5.02 Å². The summed E-state index contributed by atoms with van der Waals surface area (Å²) in [6.07, 6.45) is -3.15. The monoisotopic (exact) mass is 471 g/mol. The van der Waals surface area contributed by atoms with Crippen molar-refractivity contribution in [3.8, 4) is 11.1 Å². The summed E-state index contributed by atoms with van der Waals surface area (Å²) in [7, 11) is 0. The fourth-order valence-corrected chi connectivity index (χ4v) is 4.38. The second-order valence-electron chi connectivity index (χ2n) is 6.29. The van der Waals surface area contributed by atoms with Crippen LogP contribution in [0, 0.1) is 0 Å². The minimum atomic E-state index is -4.53. The maximum atomic E-state index is 12.9. The summed E-state index contributed by atoms with van der Waals surface area (Å²) >= 11 is 12.0. The van der Waals surface area contributed by atoms with Gasteiger partial charge in [0.15, 0.2) is 0 Å². The lowest BCUT2D eigenvalue weighted by Gasteiger charge is -2.12. The fourth-order valence-electron chi connectivity index (χ4n) is 2.78. The molecule has 1 heterocycles. The highest BCUT2D eigenvalue weighted by molar-refractivity contribution is 8.26. The van der Waals surface area contributed by atoms with Crippen LogP contribution in [0.15, 0.2) is 47.4 Å². The van der Waals surface area contributed by atoms with E-state index in [2.05, 4.69) is 0 Å². The Hall–Kier alpha value is -2.36. The van der Waals surface area contributed by atoms with Gasteiger partial charge in [-0.05, 0) is 41.0 Å². The van der Waals surface area contributed by atoms with Crippen molar-refractivity contribution in [3.05, 3.63) is 63.5 Å². The molecule has 3 rings (SSSR count). The van der Waals surface area contributed by atoms with Gasteiger partial charge in [-0.15, -0.1) is 0 Å². The number of amides is 1. The zero-order valence-electron chi connectivity index (χ0n) is 15.1. The SMILES string of the molecule is O=C(O)CCN1C(=O)/C(=C/c2cccc(-c3ccc(C(F)(F)F)c(Cl)c3)c2)SC1=S. The number of hydrogen-bond donors (Lipinski definition) is 1. The first-order chi connectivity index (χ1) is 14.1. The van der Waals surface area contributed by atoms with E-state index in [-0.39, 0.29) is 23.2 Å². The van der Waals surface area contributed by atoms with Crippen LogP contribution in [0.25, 0.3) is 17.2 Å². The molecule has 30 heavy (non-hydrogen) atoms. The number of thiocarbonyl (C=S) groups is 1. The van der Waals surface area contributed by atoms with Crippen LogP contribution in [0.1, 0.15) is 17.5 Å². The molecule has 1 fully saturated rings. The Morgan fingerprint density at radius 3 is 2.53 bits per heavy atom. The summed E-state index contributed by atoms with van der Waals surface area (Å²) in [6, 6.07) is 10.4. The standard InChI is InChI=1S/C20H13ClF3NO3S2/c21-15-10-13(4-5-14(15)20(22,23)24)12-3-1-2-11(8-12)9-16-18(28)25(19(29)30-16)7-6-17(26)27/h1-5,8-10H,6-7H2,(H,26,27)/b16-9-. The van der Waals surface area contributed by atoms with Crippen LogP contribution in [-0.2, 0) is 15.8 Å². The van der Waals surface area contributed by atoms with Crippen molar-refractivity contribution in [1.82, 2.24) is 4.90 Å². The van der Waals surface area contributed by atoms with Gasteiger partial charge in [-0.25, -0.2) is 0 Å². The van der Waals surface area contributed by atoms with Crippen LogP contribution < -0.4 is 0 Å². The molecule has 0 aliphatic carbocycles. The van der Waals surface area contributed by atoms with Gasteiger partial charge in [-0.1, -0.05) is 59.8 Å². The molecule has 1 N–H and O–H groups in total. The van der Waals surface area contributed by atoms with Crippen LogP contribution >= 0.6 is 35.6 Å². The number of carbonyl (C=O) groups is 2. The van der Waals surface area contributed by atoms with Crippen molar-refractivity contribution in [2.24, 2.45) is 0 Å². The van der Waals surface area contributed by atoms with E-state index in [0.717, 1.165) is 17.8 Å². The average Bonchev–Trinajstić information content (AvgIpc) is 2.92. The molecule has 156 valence electrons. The second-order valence-corrected chi connectivity index (χ2v) is 8.38. The van der Waals surface area contributed by atoms with Gasteiger partial charge < -0.3 is 5.11 Å². The predicted molar refractivity (Wildman–Crippen MR) is 114 cm³/mol. The number of thioether (sulfide) groups is 1. The van der Waals surface area contributed by atoms with E-state index in [1.54, 1.807) is 30.3 Å². The molecule has 10 heteroatoms. The minimum absolute atomic E-state index is 0.0125. The minimum Gasteiger partial charge on any atom is -0.481 e. The Kier molecular flexibility index (Phi) is 6.54. The fraction of sp³-hybridized carbons (Fsp3) is 0.150. The first-order valence-electron chi connectivity index (χ1n) is 8.50. The number of aliphatic carboxylic acids is 1. The van der Waals surface area contributed by atoms with Gasteiger partial charge >= 0.3 is 12.1 Å². The third kappa shape index (κ3) is 5.03. The summed E-state index contributed by atoms with van der Waals surface area (Å²) in [5.41, 5.74) is 0.856. The number of hydrogen-bond acceptors (Lipinski definition) is 4. The van der Waals surface area contributed by atoms with Crippen molar-refractivity contribution in [2.75, 3.05) is 6.54 Å². The largest absolute Gasteiger partial charge is 0.481 e. The molecule has 0 saturated carbocycles. The van der Waals surface area contributed by atoms with Crippen LogP contribution in [0.4, 0.5) is 13.2 Å². The predicted octanol–water partition coefficient (Wildman–Crippen LogP) is 5.70. The lowest BCUT2D eigenvalue weighted by Crippen LogP contribution is -2.30. The summed E-state index contributed by atoms with van der Waals surface area (Å²) in [5, 5.41) is 8.39. The Bertz CT molecular complexity index is 1070. The van der Waals surface area contributed by atoms with E-state index in [9.17, 15) is 22.8 Å². The molecule has 0 bridgehead atoms. The van der Waals surface area contributed by atoms with Gasteiger partial charge in [0.2, 0.25) is 0 Å². The van der Waals surface area contributed by atoms with E-state index >= 15 is 0 Å². The van der Waals surface area contributed by atoms with Crippen molar-refractivity contribution in [3.63, 3.8) is 0 Å². The van der Waals surface area contributed by atoms with Crippen LogP contribution in [0.3, 0.4) is 0 Å². The van der Waals surface area contributed by atoms with Gasteiger partial charge in [-0.3, -0.25) is 14.5 Å². The molecule has 2 aromatic carbocycles. The van der Waals surface area contributed by atoms with E-state index in [1.165, 1.54) is 17.0 Å². The van der Waals surface area contributed by atoms with Crippen molar-refractivity contribution < 1.29 is 27.9 Å². The molecule has 1 saturated heterocycles. The number of carboxylic acids is 1. The molecule has 2 aromatic rings. The molecule has 0 aromatic heterocycles. The summed E-state index contributed by atoms with van der Waals surface area (Å²) < 4.78 is 39.0. The van der Waals surface area contributed by atoms with Crippen molar-refractivity contribution in [2.45, 2.75) is 12.6 Å². The Morgan fingerprint density at radius 2 is 1.90 bits per heavy atom. The maximum Gasteiger partial charge on any atom is 0.417 e. The lowest BCUT2D eigenvalue weighted by atomic mass is 10.0. The molecular weight excluding hydrogens is 459 g/mol. The number of alkyl halides is 3. The van der Waals surface area contributed by atoms with Crippen molar-refractivity contribution >= 4 is 57.9 Å². The van der Waals surface area contributed by atoms with E-state index in [4.69, 9.17) is 28.9 Å². The van der Waals surface area contributed by atoms with E-state index in [1.807, 2.05) is 0 Å². The lowest BCUT2D eigenvalue weighted by molar-refractivity contribution is -0.138. The number of nitrogens with zero attached hydrogens (tertiary/aromatic N) is 1. The third-order valence-electron chi connectivity index (χ3n) is 4.22. The summed E-state index contributed by atoms with van der Waals surface area (Å²) in [5.74, 6) is -1.41. The molecule has 1 aliphatic heterocycles. The summed E-state index contributed by atoms with van der Waals surface area (Å²) in [6.45, 7) is -0.0125. The topological polar surface area (TPSA) is 57.6 Å². The zero-order valence-corrected chi connectivity index (χ0v) is 17.5. The molecule has 1 aliphatic rings. The molecular formula is C20H13ClF3NO3S2. The van der Waals surface area contributed by atoms with Crippen LogP contribution in [0.5, 0.6) is 0 Å². The van der Waals surface area contributed by atoms with E-state index < -0.39 is 22.7 Å². The highest BCUT2D eigenvalue weighted by atomic mass is 35.5. The van der Waals surface area contributed by atoms with Gasteiger partial charge in [0, 0.05) is 6.54 Å². The highest BCUT2D eigenvalue weighted by Crippen LogP contribution is 2.37. The number of carboxylic acid groups (broad SMARTS) is 1. The first-order valence-corrected chi connectivity index (χ1v) is 10.1. The molecule has 0 unspecified atom stereocenters. The maximum absolute atomic E-state index is 12.9. The van der Waals surface area contributed by atoms with Gasteiger partial charge in [0.05, 0.1) is 21.9 Å². The molecule has 1 amide bonds. The van der Waals surface area contributed by atoms with Gasteiger partial charge in [0.25, 0.3) is 5.91 Å². The first kappa shape index (κ1) is 22.3. The Balaban J connectivity index is 1.86. The number of carbonyl (C=O) groups excluding carboxylic acids is 1.